The first kappa shape index (κ1) is 14.4. The van der Waals surface area contributed by atoms with Gasteiger partial charge in [0, 0.05) is 12.7 Å². The van der Waals surface area contributed by atoms with Crippen molar-refractivity contribution in [2.24, 2.45) is 11.3 Å². The molecular formula is C15H28N4. The number of aromatic nitrogens is 2. The normalized spacial score (nSPS) is 18.9. The standard InChI is InChI=1S/C15H28N4/c1-15(2,3)13-5-10-18(11-6-13)8-4-9-19-12-7-14(16)17-19/h7,12-13H,4-6,8-11H2,1-3H3,(H2,16,17). The van der Waals surface area contributed by atoms with E-state index in [2.05, 4.69) is 30.8 Å². The minimum absolute atomic E-state index is 0.471. The molecular weight excluding hydrogens is 236 g/mol. The Kier molecular flexibility index (Phi) is 4.50. The van der Waals surface area contributed by atoms with Gasteiger partial charge in [0.2, 0.25) is 0 Å². The van der Waals surface area contributed by atoms with Crippen molar-refractivity contribution >= 4 is 5.82 Å². The highest BCUT2D eigenvalue weighted by atomic mass is 15.3. The molecule has 2 N–H and O–H groups in total. The fourth-order valence-corrected chi connectivity index (χ4v) is 2.98. The number of rotatable bonds is 4. The van der Waals surface area contributed by atoms with E-state index in [0.29, 0.717) is 11.2 Å². The molecule has 1 aromatic rings. The van der Waals surface area contributed by atoms with Crippen LogP contribution in [0, 0.1) is 11.3 Å². The maximum Gasteiger partial charge on any atom is 0.145 e. The van der Waals surface area contributed by atoms with Gasteiger partial charge in [0.15, 0.2) is 0 Å². The van der Waals surface area contributed by atoms with Crippen LogP contribution in [0.15, 0.2) is 12.3 Å². The summed E-state index contributed by atoms with van der Waals surface area (Å²) in [6.07, 6.45) is 5.80. The lowest BCUT2D eigenvalue weighted by Crippen LogP contribution is -2.38. The van der Waals surface area contributed by atoms with Crippen LogP contribution in [0.4, 0.5) is 5.82 Å². The van der Waals surface area contributed by atoms with E-state index in [1.165, 1.54) is 32.5 Å². The Morgan fingerprint density at radius 3 is 2.47 bits per heavy atom. The summed E-state index contributed by atoms with van der Waals surface area (Å²) in [4.78, 5) is 2.59. The zero-order chi connectivity index (χ0) is 13.9. The molecule has 1 aliphatic rings. The highest BCUT2D eigenvalue weighted by Gasteiger charge is 2.28. The lowest BCUT2D eigenvalue weighted by atomic mass is 9.75. The van der Waals surface area contributed by atoms with E-state index in [9.17, 15) is 0 Å². The van der Waals surface area contributed by atoms with Crippen molar-refractivity contribution in [2.45, 2.75) is 46.6 Å². The molecule has 0 radical (unpaired) electrons. The molecule has 4 heteroatoms. The second kappa shape index (κ2) is 5.95. The average Bonchev–Trinajstić information content (AvgIpc) is 2.75. The van der Waals surface area contributed by atoms with Gasteiger partial charge >= 0.3 is 0 Å². The number of nitrogens with two attached hydrogens (primary N) is 1. The Morgan fingerprint density at radius 1 is 1.26 bits per heavy atom. The quantitative estimate of drug-likeness (QED) is 0.909. The molecule has 2 heterocycles. The van der Waals surface area contributed by atoms with Gasteiger partial charge in [-0.2, -0.15) is 5.10 Å². The third-order valence-corrected chi connectivity index (χ3v) is 4.34. The van der Waals surface area contributed by atoms with Crippen LogP contribution in [0.5, 0.6) is 0 Å². The van der Waals surface area contributed by atoms with Crippen LogP contribution >= 0.6 is 0 Å². The zero-order valence-electron chi connectivity index (χ0n) is 12.6. The zero-order valence-corrected chi connectivity index (χ0v) is 12.6. The van der Waals surface area contributed by atoms with Crippen molar-refractivity contribution < 1.29 is 0 Å². The highest BCUT2D eigenvalue weighted by molar-refractivity contribution is 5.23. The van der Waals surface area contributed by atoms with E-state index in [0.717, 1.165) is 18.9 Å². The number of nitrogens with zero attached hydrogens (tertiary/aromatic N) is 3. The summed E-state index contributed by atoms with van der Waals surface area (Å²) in [5, 5.41) is 4.21. The second-order valence-corrected chi connectivity index (χ2v) is 6.84. The molecule has 1 aromatic heterocycles. The van der Waals surface area contributed by atoms with Crippen molar-refractivity contribution in [1.82, 2.24) is 14.7 Å². The summed E-state index contributed by atoms with van der Waals surface area (Å²) in [6.45, 7) is 11.8. The van der Waals surface area contributed by atoms with Crippen molar-refractivity contribution in [3.05, 3.63) is 12.3 Å². The van der Waals surface area contributed by atoms with Gasteiger partial charge in [-0.25, -0.2) is 0 Å². The first-order chi connectivity index (χ1) is 8.95. The van der Waals surface area contributed by atoms with Gasteiger partial charge in [-0.05, 0) is 56.3 Å². The molecule has 0 bridgehead atoms. The van der Waals surface area contributed by atoms with Gasteiger partial charge in [0.25, 0.3) is 0 Å². The van der Waals surface area contributed by atoms with Crippen LogP contribution in [-0.2, 0) is 6.54 Å². The molecule has 0 spiro atoms. The summed E-state index contributed by atoms with van der Waals surface area (Å²) in [7, 11) is 0. The predicted octanol–water partition coefficient (Wildman–Crippen LogP) is 2.61. The lowest BCUT2D eigenvalue weighted by Gasteiger charge is -2.38. The SMILES string of the molecule is CC(C)(C)C1CCN(CCCn2ccc(N)n2)CC1. The fourth-order valence-electron chi connectivity index (χ4n) is 2.98. The van der Waals surface area contributed by atoms with Crippen LogP contribution in [-0.4, -0.2) is 34.3 Å². The first-order valence-electron chi connectivity index (χ1n) is 7.46. The van der Waals surface area contributed by atoms with Gasteiger partial charge in [-0.3, -0.25) is 4.68 Å². The van der Waals surface area contributed by atoms with Gasteiger partial charge in [-0.15, -0.1) is 0 Å². The summed E-state index contributed by atoms with van der Waals surface area (Å²) in [6, 6.07) is 1.86. The number of piperidine rings is 1. The van der Waals surface area contributed by atoms with Crippen LogP contribution in [0.2, 0.25) is 0 Å². The molecule has 1 aliphatic heterocycles. The summed E-state index contributed by atoms with van der Waals surface area (Å²) in [5.41, 5.74) is 6.08. The molecule has 0 saturated carbocycles. The topological polar surface area (TPSA) is 47.1 Å². The van der Waals surface area contributed by atoms with Crippen LogP contribution < -0.4 is 5.73 Å². The molecule has 1 saturated heterocycles. The molecule has 0 aliphatic carbocycles. The van der Waals surface area contributed by atoms with Gasteiger partial charge in [0.1, 0.15) is 5.82 Å². The smallest absolute Gasteiger partial charge is 0.145 e. The number of anilines is 1. The van der Waals surface area contributed by atoms with Crippen LogP contribution in [0.1, 0.15) is 40.0 Å². The Labute approximate surface area is 117 Å². The Morgan fingerprint density at radius 2 is 1.95 bits per heavy atom. The van der Waals surface area contributed by atoms with E-state index in [-0.39, 0.29) is 0 Å². The number of aryl methyl sites for hydroxylation is 1. The largest absolute Gasteiger partial charge is 0.382 e. The first-order valence-corrected chi connectivity index (χ1v) is 7.46. The third kappa shape index (κ3) is 4.23. The number of hydrogen-bond donors (Lipinski definition) is 1. The molecule has 2 rings (SSSR count). The van der Waals surface area contributed by atoms with E-state index in [1.807, 2.05) is 16.9 Å². The number of hydrogen-bond acceptors (Lipinski definition) is 3. The van der Waals surface area contributed by atoms with E-state index in [4.69, 9.17) is 5.73 Å². The summed E-state index contributed by atoms with van der Waals surface area (Å²) in [5.74, 6) is 1.50. The van der Waals surface area contributed by atoms with Crippen molar-refractivity contribution in [1.29, 1.82) is 0 Å². The average molecular weight is 264 g/mol. The fraction of sp³-hybridized carbons (Fsp3) is 0.800. The molecule has 0 aromatic carbocycles. The minimum atomic E-state index is 0.471. The molecule has 4 nitrogen and oxygen atoms in total. The molecule has 0 amide bonds. The highest BCUT2D eigenvalue weighted by Crippen LogP contribution is 2.34. The lowest BCUT2D eigenvalue weighted by molar-refractivity contribution is 0.110. The molecule has 1 fully saturated rings. The number of nitrogen functional groups attached to an aromatic ring is 1. The molecule has 0 atom stereocenters. The molecule has 0 unspecified atom stereocenters. The summed E-state index contributed by atoms with van der Waals surface area (Å²) < 4.78 is 1.94. The van der Waals surface area contributed by atoms with E-state index in [1.54, 1.807) is 0 Å². The number of likely N-dealkylation sites (tertiary alicyclic amines) is 1. The van der Waals surface area contributed by atoms with Gasteiger partial charge < -0.3 is 10.6 Å². The van der Waals surface area contributed by atoms with Gasteiger partial charge in [-0.1, -0.05) is 20.8 Å². The van der Waals surface area contributed by atoms with E-state index >= 15 is 0 Å². The summed E-state index contributed by atoms with van der Waals surface area (Å²) >= 11 is 0. The van der Waals surface area contributed by atoms with E-state index < -0.39 is 0 Å². The Balaban J connectivity index is 1.66. The third-order valence-electron chi connectivity index (χ3n) is 4.34. The maximum absolute atomic E-state index is 5.61. The Bertz CT molecular complexity index is 383. The maximum atomic E-state index is 5.61. The minimum Gasteiger partial charge on any atom is -0.382 e. The van der Waals surface area contributed by atoms with Gasteiger partial charge in [0.05, 0.1) is 0 Å². The van der Waals surface area contributed by atoms with Crippen LogP contribution in [0.3, 0.4) is 0 Å². The van der Waals surface area contributed by atoms with Crippen molar-refractivity contribution in [3.8, 4) is 0 Å². The van der Waals surface area contributed by atoms with Crippen LogP contribution in [0.25, 0.3) is 0 Å². The Hall–Kier alpha value is -1.03. The predicted molar refractivity (Wildman–Crippen MR) is 79.9 cm³/mol. The van der Waals surface area contributed by atoms with Crippen molar-refractivity contribution in [3.63, 3.8) is 0 Å². The second-order valence-electron chi connectivity index (χ2n) is 6.84. The molecule has 19 heavy (non-hydrogen) atoms. The molecule has 108 valence electrons. The van der Waals surface area contributed by atoms with Crippen molar-refractivity contribution in [2.75, 3.05) is 25.4 Å². The monoisotopic (exact) mass is 264 g/mol.